The van der Waals surface area contributed by atoms with Gasteiger partial charge in [0, 0.05) is 32.4 Å². The normalized spacial score (nSPS) is 20.3. The van der Waals surface area contributed by atoms with E-state index in [1.165, 1.54) is 6.07 Å². The summed E-state index contributed by atoms with van der Waals surface area (Å²) in [4.78, 5) is 8.08. The molecule has 0 aliphatic carbocycles. The van der Waals surface area contributed by atoms with Crippen molar-refractivity contribution in [3.63, 3.8) is 0 Å². The quantitative estimate of drug-likeness (QED) is 0.859. The molecule has 2 aliphatic heterocycles. The van der Waals surface area contributed by atoms with Crippen LogP contribution in [0.5, 0.6) is 0 Å². The topological polar surface area (TPSA) is 39.6 Å². The van der Waals surface area contributed by atoms with Crippen molar-refractivity contribution in [2.45, 2.75) is 38.0 Å². The van der Waals surface area contributed by atoms with E-state index in [-0.39, 0.29) is 6.10 Å². The molecule has 2 aliphatic rings. The van der Waals surface area contributed by atoms with Crippen LogP contribution in [0.15, 0.2) is 18.3 Å². The number of hydrogen-bond donors (Lipinski definition) is 1. The van der Waals surface area contributed by atoms with Crippen molar-refractivity contribution in [2.75, 3.05) is 38.1 Å². The van der Waals surface area contributed by atoms with Crippen LogP contribution in [-0.2, 0) is 6.18 Å². The lowest BCUT2D eigenvalue weighted by molar-refractivity contribution is -0.137. The maximum atomic E-state index is 12.2. The Balaban J connectivity index is 0.000000203. The third-order valence-electron chi connectivity index (χ3n) is 4.19. The van der Waals surface area contributed by atoms with E-state index in [0.717, 1.165) is 64.1 Å². The lowest BCUT2D eigenvalue weighted by atomic mass is 10.1. The Labute approximate surface area is 134 Å². The van der Waals surface area contributed by atoms with Crippen LogP contribution in [-0.4, -0.2) is 54.3 Å². The molecule has 0 radical (unpaired) electrons. The molecule has 0 atom stereocenters. The van der Waals surface area contributed by atoms with Gasteiger partial charge in [0.1, 0.15) is 5.82 Å². The minimum absolute atomic E-state index is 0.0220. The van der Waals surface area contributed by atoms with Gasteiger partial charge in [-0.15, -0.1) is 0 Å². The van der Waals surface area contributed by atoms with Crippen molar-refractivity contribution in [3.05, 3.63) is 23.9 Å². The highest BCUT2D eigenvalue weighted by molar-refractivity contribution is 5.40. The second kappa shape index (κ2) is 7.97. The summed E-state index contributed by atoms with van der Waals surface area (Å²) in [7, 11) is 2.09. The summed E-state index contributed by atoms with van der Waals surface area (Å²) in [6.07, 6.45) is 0.661. The molecule has 1 N–H and O–H groups in total. The van der Waals surface area contributed by atoms with Gasteiger partial charge in [0.2, 0.25) is 0 Å². The molecule has 0 unspecified atom stereocenters. The van der Waals surface area contributed by atoms with E-state index in [1.54, 1.807) is 0 Å². The zero-order valence-electron chi connectivity index (χ0n) is 13.4. The summed E-state index contributed by atoms with van der Waals surface area (Å²) in [5, 5.41) is 9.00. The first-order chi connectivity index (χ1) is 10.9. The van der Waals surface area contributed by atoms with E-state index >= 15 is 0 Å². The van der Waals surface area contributed by atoms with Crippen molar-refractivity contribution in [2.24, 2.45) is 0 Å². The Morgan fingerprint density at radius 3 is 2.13 bits per heavy atom. The van der Waals surface area contributed by atoms with Crippen LogP contribution in [0.25, 0.3) is 0 Å². The number of hydrogen-bond acceptors (Lipinski definition) is 4. The molecule has 4 nitrogen and oxygen atoms in total. The first-order valence-corrected chi connectivity index (χ1v) is 8.01. The number of alkyl halides is 3. The lowest BCUT2D eigenvalue weighted by Crippen LogP contribution is -2.32. The average molecular weight is 331 g/mol. The zero-order chi connectivity index (χ0) is 16.9. The van der Waals surface area contributed by atoms with E-state index in [1.807, 2.05) is 4.90 Å². The van der Waals surface area contributed by atoms with E-state index < -0.39 is 11.7 Å². The van der Waals surface area contributed by atoms with Gasteiger partial charge >= 0.3 is 6.18 Å². The highest BCUT2D eigenvalue weighted by atomic mass is 19.4. The lowest BCUT2D eigenvalue weighted by Gasteiger charge is -2.25. The molecule has 0 spiro atoms. The number of aliphatic hydroxyl groups is 1. The molecule has 0 amide bonds. The predicted molar refractivity (Wildman–Crippen MR) is 83.4 cm³/mol. The molecule has 2 fully saturated rings. The maximum absolute atomic E-state index is 12.2. The Hall–Kier alpha value is -1.34. The van der Waals surface area contributed by atoms with Crippen molar-refractivity contribution in [1.29, 1.82) is 0 Å². The van der Waals surface area contributed by atoms with Crippen LogP contribution in [0, 0.1) is 0 Å². The predicted octanol–water partition coefficient (Wildman–Crippen LogP) is 2.77. The molecule has 0 bridgehead atoms. The molecular weight excluding hydrogens is 307 g/mol. The van der Waals surface area contributed by atoms with Gasteiger partial charge in [-0.2, -0.15) is 13.2 Å². The number of rotatable bonds is 1. The monoisotopic (exact) mass is 331 g/mol. The summed E-state index contributed by atoms with van der Waals surface area (Å²) in [5.74, 6) is 0.639. The van der Waals surface area contributed by atoms with Crippen LogP contribution < -0.4 is 4.90 Å². The molecule has 7 heteroatoms. The Kier molecular flexibility index (Phi) is 6.24. The molecule has 130 valence electrons. The fourth-order valence-electron chi connectivity index (χ4n) is 2.68. The van der Waals surface area contributed by atoms with Gasteiger partial charge in [-0.25, -0.2) is 4.98 Å². The summed E-state index contributed by atoms with van der Waals surface area (Å²) in [5.41, 5.74) is -0.689. The second-order valence-corrected chi connectivity index (χ2v) is 6.13. The van der Waals surface area contributed by atoms with E-state index in [4.69, 9.17) is 5.11 Å². The van der Waals surface area contributed by atoms with Gasteiger partial charge in [0.25, 0.3) is 0 Å². The summed E-state index contributed by atoms with van der Waals surface area (Å²) in [6, 6.07) is 2.52. The molecule has 3 heterocycles. The van der Waals surface area contributed by atoms with Crippen molar-refractivity contribution in [3.8, 4) is 0 Å². The summed E-state index contributed by atoms with van der Waals surface area (Å²) < 4.78 is 36.7. The Bertz CT molecular complexity index is 454. The number of aromatic nitrogens is 1. The fourth-order valence-corrected chi connectivity index (χ4v) is 2.68. The van der Waals surface area contributed by atoms with Gasteiger partial charge in [0.05, 0.1) is 11.7 Å². The highest BCUT2D eigenvalue weighted by Crippen LogP contribution is 2.29. The molecule has 0 aromatic carbocycles. The number of piperidine rings is 1. The Morgan fingerprint density at radius 1 is 1.09 bits per heavy atom. The molecule has 2 saturated heterocycles. The number of pyridine rings is 1. The minimum atomic E-state index is -4.30. The SMILES string of the molecule is CN1CCC(O)CC1.FC(F)(F)c1ccc(N2CCCC2)nc1. The third kappa shape index (κ3) is 5.66. The van der Waals surface area contributed by atoms with Crippen LogP contribution in [0.2, 0.25) is 0 Å². The fraction of sp³-hybridized carbons (Fsp3) is 0.688. The highest BCUT2D eigenvalue weighted by Gasteiger charge is 2.30. The zero-order valence-corrected chi connectivity index (χ0v) is 13.4. The number of nitrogens with zero attached hydrogens (tertiary/aromatic N) is 3. The van der Waals surface area contributed by atoms with Gasteiger partial charge in [-0.1, -0.05) is 0 Å². The van der Waals surface area contributed by atoms with E-state index in [9.17, 15) is 13.2 Å². The summed E-state index contributed by atoms with van der Waals surface area (Å²) >= 11 is 0. The molecule has 23 heavy (non-hydrogen) atoms. The number of anilines is 1. The van der Waals surface area contributed by atoms with Crippen LogP contribution in [0.4, 0.5) is 19.0 Å². The van der Waals surface area contributed by atoms with E-state index in [0.29, 0.717) is 5.82 Å². The number of aliphatic hydroxyl groups excluding tert-OH is 1. The number of halogens is 3. The molecule has 0 saturated carbocycles. The Morgan fingerprint density at radius 2 is 1.70 bits per heavy atom. The third-order valence-corrected chi connectivity index (χ3v) is 4.19. The van der Waals surface area contributed by atoms with Gasteiger partial charge < -0.3 is 14.9 Å². The van der Waals surface area contributed by atoms with Crippen LogP contribution in [0.1, 0.15) is 31.2 Å². The van der Waals surface area contributed by atoms with Crippen LogP contribution >= 0.6 is 0 Å². The molecular formula is C16H24F3N3O. The minimum Gasteiger partial charge on any atom is -0.393 e. The smallest absolute Gasteiger partial charge is 0.393 e. The van der Waals surface area contributed by atoms with Gasteiger partial charge in [-0.3, -0.25) is 0 Å². The van der Waals surface area contributed by atoms with Crippen molar-refractivity contribution >= 4 is 5.82 Å². The van der Waals surface area contributed by atoms with Crippen molar-refractivity contribution < 1.29 is 18.3 Å². The maximum Gasteiger partial charge on any atom is 0.417 e. The first-order valence-electron chi connectivity index (χ1n) is 8.01. The standard InChI is InChI=1S/C10H11F3N2.C6H13NO/c11-10(12,13)8-3-4-9(14-7-8)15-5-1-2-6-15;1-7-4-2-6(8)3-5-7/h3-4,7H,1-2,5-6H2;6,8H,2-5H2,1H3. The summed E-state index contributed by atoms with van der Waals surface area (Å²) in [6.45, 7) is 3.89. The van der Waals surface area contributed by atoms with E-state index in [2.05, 4.69) is 16.9 Å². The average Bonchev–Trinajstić information content (AvgIpc) is 3.05. The molecule has 1 aromatic heterocycles. The number of likely N-dealkylation sites (tertiary alicyclic amines) is 1. The van der Waals surface area contributed by atoms with Gasteiger partial charge in [0.15, 0.2) is 0 Å². The van der Waals surface area contributed by atoms with Crippen molar-refractivity contribution in [1.82, 2.24) is 9.88 Å². The largest absolute Gasteiger partial charge is 0.417 e. The molecule has 1 aromatic rings. The van der Waals surface area contributed by atoms with Crippen LogP contribution in [0.3, 0.4) is 0 Å². The second-order valence-electron chi connectivity index (χ2n) is 6.13. The molecule has 3 rings (SSSR count). The first kappa shape index (κ1) is 18.0. The van der Waals surface area contributed by atoms with Gasteiger partial charge in [-0.05, 0) is 44.9 Å².